The lowest BCUT2D eigenvalue weighted by molar-refractivity contribution is 0.0730. The molecule has 2 aromatic rings. The molecule has 2 fully saturated rings. The van der Waals surface area contributed by atoms with Gasteiger partial charge in [0.15, 0.2) is 11.5 Å². The van der Waals surface area contributed by atoms with Crippen LogP contribution in [-0.2, 0) is 0 Å². The summed E-state index contributed by atoms with van der Waals surface area (Å²) >= 11 is 0. The maximum atomic E-state index is 12.9. The van der Waals surface area contributed by atoms with E-state index in [0.29, 0.717) is 11.5 Å². The van der Waals surface area contributed by atoms with E-state index in [2.05, 4.69) is 10.3 Å². The zero-order valence-electron chi connectivity index (χ0n) is 14.8. The van der Waals surface area contributed by atoms with Gasteiger partial charge in [-0.3, -0.25) is 4.98 Å². The fourth-order valence-electron chi connectivity index (χ4n) is 4.33. The Morgan fingerprint density at radius 2 is 1.96 bits per heavy atom. The van der Waals surface area contributed by atoms with Crippen LogP contribution in [0.5, 0.6) is 17.2 Å². The topological polar surface area (TPSA) is 72.9 Å². The minimum atomic E-state index is -0.0545. The SMILES string of the molecule is O=C(Nc1ccc2c(c1)OCO2)N1C2CCC1CC(Oc1cccnc1)C2. The Labute approximate surface area is 157 Å². The van der Waals surface area contributed by atoms with Gasteiger partial charge in [-0.25, -0.2) is 4.79 Å². The standard InChI is InChI=1S/C20H21N3O4/c24-20(22-13-3-6-18-19(8-13)26-12-25-18)23-14-4-5-15(23)10-17(9-14)27-16-2-1-7-21-11-16/h1-3,6-8,11,14-15,17H,4-5,9-10,12H2,(H,22,24). The van der Waals surface area contributed by atoms with Gasteiger partial charge < -0.3 is 24.4 Å². The van der Waals surface area contributed by atoms with Gasteiger partial charge in [0.05, 0.1) is 6.20 Å². The van der Waals surface area contributed by atoms with Crippen LogP contribution in [0.15, 0.2) is 42.7 Å². The highest BCUT2D eigenvalue weighted by Crippen LogP contribution is 2.38. The Morgan fingerprint density at radius 3 is 2.74 bits per heavy atom. The number of piperidine rings is 1. The van der Waals surface area contributed by atoms with Gasteiger partial charge in [0.25, 0.3) is 0 Å². The number of benzene rings is 1. The van der Waals surface area contributed by atoms with Gasteiger partial charge in [-0.1, -0.05) is 0 Å². The number of aromatic nitrogens is 1. The van der Waals surface area contributed by atoms with Crippen molar-refractivity contribution in [2.75, 3.05) is 12.1 Å². The van der Waals surface area contributed by atoms with Gasteiger partial charge in [-0.05, 0) is 37.1 Å². The number of carbonyl (C=O) groups is 1. The van der Waals surface area contributed by atoms with Gasteiger partial charge in [0, 0.05) is 42.9 Å². The molecular weight excluding hydrogens is 346 g/mol. The first kappa shape index (κ1) is 16.2. The van der Waals surface area contributed by atoms with Crippen molar-refractivity contribution in [1.29, 1.82) is 0 Å². The van der Waals surface area contributed by atoms with E-state index < -0.39 is 0 Å². The molecule has 0 spiro atoms. The highest BCUT2D eigenvalue weighted by atomic mass is 16.7. The van der Waals surface area contributed by atoms with Gasteiger partial charge in [0.2, 0.25) is 6.79 Å². The number of anilines is 1. The summed E-state index contributed by atoms with van der Waals surface area (Å²) in [5.74, 6) is 2.17. The average Bonchev–Trinajstić information content (AvgIpc) is 3.24. The van der Waals surface area contributed by atoms with Crippen molar-refractivity contribution in [1.82, 2.24) is 9.88 Å². The van der Waals surface area contributed by atoms with Crippen LogP contribution in [0.4, 0.5) is 10.5 Å². The summed E-state index contributed by atoms with van der Waals surface area (Å²) in [6.45, 7) is 0.224. The number of urea groups is 1. The summed E-state index contributed by atoms with van der Waals surface area (Å²) < 4.78 is 16.8. The van der Waals surface area contributed by atoms with Crippen molar-refractivity contribution < 1.29 is 19.0 Å². The summed E-state index contributed by atoms with van der Waals surface area (Å²) in [6.07, 6.45) is 7.33. The molecule has 27 heavy (non-hydrogen) atoms. The number of ether oxygens (including phenoxy) is 3. The van der Waals surface area contributed by atoms with E-state index in [4.69, 9.17) is 14.2 Å². The van der Waals surface area contributed by atoms with E-state index >= 15 is 0 Å². The van der Waals surface area contributed by atoms with E-state index in [1.54, 1.807) is 18.5 Å². The number of amides is 2. The Bertz CT molecular complexity index is 830. The molecule has 0 radical (unpaired) electrons. The van der Waals surface area contributed by atoms with Crippen LogP contribution in [0.2, 0.25) is 0 Å². The number of hydrogen-bond donors (Lipinski definition) is 1. The normalized spacial score (nSPS) is 25.3. The lowest BCUT2D eigenvalue weighted by Gasteiger charge is -2.38. The summed E-state index contributed by atoms with van der Waals surface area (Å²) in [7, 11) is 0. The monoisotopic (exact) mass is 367 g/mol. The minimum absolute atomic E-state index is 0.0545. The largest absolute Gasteiger partial charge is 0.489 e. The minimum Gasteiger partial charge on any atom is -0.489 e. The summed E-state index contributed by atoms with van der Waals surface area (Å²) in [4.78, 5) is 19.0. The van der Waals surface area contributed by atoms with Crippen molar-refractivity contribution in [3.63, 3.8) is 0 Å². The summed E-state index contributed by atoms with van der Waals surface area (Å²) in [5.41, 5.74) is 0.720. The number of nitrogens with one attached hydrogen (secondary N) is 1. The first-order valence-electron chi connectivity index (χ1n) is 9.32. The lowest BCUT2D eigenvalue weighted by atomic mass is 10.00. The molecule has 4 heterocycles. The molecule has 3 aliphatic rings. The van der Waals surface area contributed by atoms with Crippen LogP contribution in [0.3, 0.4) is 0 Å². The molecule has 2 bridgehead atoms. The Balaban J connectivity index is 1.24. The fourth-order valence-corrected chi connectivity index (χ4v) is 4.33. The van der Waals surface area contributed by atoms with Gasteiger partial charge in [-0.2, -0.15) is 0 Å². The lowest BCUT2D eigenvalue weighted by Crippen LogP contribution is -2.50. The van der Waals surface area contributed by atoms with E-state index in [0.717, 1.165) is 37.1 Å². The van der Waals surface area contributed by atoms with Crippen molar-refractivity contribution in [3.05, 3.63) is 42.7 Å². The molecule has 140 valence electrons. The maximum absolute atomic E-state index is 12.9. The molecule has 0 aliphatic carbocycles. The second-order valence-corrected chi connectivity index (χ2v) is 7.19. The first-order chi connectivity index (χ1) is 13.3. The summed E-state index contributed by atoms with van der Waals surface area (Å²) in [5, 5.41) is 3.01. The Morgan fingerprint density at radius 1 is 1.15 bits per heavy atom. The molecule has 2 amide bonds. The molecule has 1 aromatic carbocycles. The Hall–Kier alpha value is -2.96. The molecule has 7 nitrogen and oxygen atoms in total. The number of carbonyl (C=O) groups excluding carboxylic acids is 1. The van der Waals surface area contributed by atoms with E-state index in [1.807, 2.05) is 29.2 Å². The van der Waals surface area contributed by atoms with Crippen LogP contribution < -0.4 is 19.5 Å². The number of rotatable bonds is 3. The molecule has 2 saturated heterocycles. The van der Waals surface area contributed by atoms with Crippen LogP contribution in [0.1, 0.15) is 25.7 Å². The van der Waals surface area contributed by atoms with Crippen molar-refractivity contribution >= 4 is 11.7 Å². The van der Waals surface area contributed by atoms with E-state index in [-0.39, 0.29) is 31.0 Å². The quantitative estimate of drug-likeness (QED) is 0.900. The highest BCUT2D eigenvalue weighted by molar-refractivity contribution is 5.90. The molecule has 1 aromatic heterocycles. The second-order valence-electron chi connectivity index (χ2n) is 7.19. The molecule has 7 heteroatoms. The molecule has 2 unspecified atom stereocenters. The number of pyridine rings is 1. The van der Waals surface area contributed by atoms with Crippen LogP contribution in [0, 0.1) is 0 Å². The number of nitrogens with zero attached hydrogens (tertiary/aromatic N) is 2. The predicted octanol–water partition coefficient (Wildman–Crippen LogP) is 3.42. The predicted molar refractivity (Wildman–Crippen MR) is 98.1 cm³/mol. The summed E-state index contributed by atoms with van der Waals surface area (Å²) in [6, 6.07) is 9.62. The van der Waals surface area contributed by atoms with Gasteiger partial charge in [-0.15, -0.1) is 0 Å². The third-order valence-electron chi connectivity index (χ3n) is 5.49. The molecule has 2 atom stereocenters. The van der Waals surface area contributed by atoms with Crippen LogP contribution in [-0.4, -0.2) is 40.9 Å². The smallest absolute Gasteiger partial charge is 0.322 e. The molecule has 3 aliphatic heterocycles. The van der Waals surface area contributed by atoms with Gasteiger partial charge in [0.1, 0.15) is 11.9 Å². The second kappa shape index (κ2) is 6.64. The number of fused-ring (bicyclic) bond motifs is 3. The van der Waals surface area contributed by atoms with E-state index in [1.165, 1.54) is 0 Å². The fraction of sp³-hybridized carbons (Fsp3) is 0.400. The third kappa shape index (κ3) is 3.13. The van der Waals surface area contributed by atoms with Crippen molar-refractivity contribution in [2.45, 2.75) is 43.9 Å². The molecule has 5 rings (SSSR count). The highest BCUT2D eigenvalue weighted by Gasteiger charge is 2.44. The van der Waals surface area contributed by atoms with Crippen molar-refractivity contribution in [2.24, 2.45) is 0 Å². The van der Waals surface area contributed by atoms with Crippen LogP contribution in [0.25, 0.3) is 0 Å². The zero-order valence-corrected chi connectivity index (χ0v) is 14.8. The maximum Gasteiger partial charge on any atom is 0.322 e. The van der Waals surface area contributed by atoms with E-state index in [9.17, 15) is 4.79 Å². The molecule has 0 saturated carbocycles. The molecule has 1 N–H and O–H groups in total. The van der Waals surface area contributed by atoms with Gasteiger partial charge >= 0.3 is 6.03 Å². The van der Waals surface area contributed by atoms with Crippen LogP contribution >= 0.6 is 0 Å². The Kier molecular flexibility index (Phi) is 3.99. The average molecular weight is 367 g/mol. The third-order valence-corrected chi connectivity index (χ3v) is 5.49. The zero-order chi connectivity index (χ0) is 18.2. The first-order valence-corrected chi connectivity index (χ1v) is 9.32. The molecular formula is C20H21N3O4. The number of hydrogen-bond acceptors (Lipinski definition) is 5. The van der Waals surface area contributed by atoms with Crippen molar-refractivity contribution in [3.8, 4) is 17.2 Å².